The number of carbonyl (C=O) groups excluding carboxylic acids is 3. The molecule has 3 aromatic carbocycles. The van der Waals surface area contributed by atoms with Gasteiger partial charge in [0.15, 0.2) is 0 Å². The van der Waals surface area contributed by atoms with Gasteiger partial charge in [-0.3, -0.25) is 20.1 Å². The fraction of sp³-hybridized carbons (Fsp3) is 0.0800. The van der Waals surface area contributed by atoms with E-state index in [4.69, 9.17) is 5.21 Å². The molecule has 0 saturated carbocycles. The standard InChI is InChI=1S/C25H23N3O4/c29-23(28-32)16-13-18-11-14-20(15-12-18)22(17-19-7-3-1-4-8-19)26-25(31)27-24(30)21-9-5-2-6-10-21/h1-16,22,32H,17H2,(H,28,29)(H2,26,27,30,31). The van der Waals surface area contributed by atoms with Crippen molar-refractivity contribution in [1.82, 2.24) is 16.1 Å². The summed E-state index contributed by atoms with van der Waals surface area (Å²) in [7, 11) is 0. The van der Waals surface area contributed by atoms with Crippen LogP contribution >= 0.6 is 0 Å². The zero-order valence-corrected chi connectivity index (χ0v) is 17.2. The Balaban J connectivity index is 1.74. The lowest BCUT2D eigenvalue weighted by Crippen LogP contribution is -2.41. The maximum Gasteiger partial charge on any atom is 0.322 e. The van der Waals surface area contributed by atoms with Crippen molar-refractivity contribution in [3.63, 3.8) is 0 Å². The highest BCUT2D eigenvalue weighted by molar-refractivity contribution is 6.04. The second-order valence-corrected chi connectivity index (χ2v) is 7.01. The van der Waals surface area contributed by atoms with Gasteiger partial charge in [0.2, 0.25) is 0 Å². The van der Waals surface area contributed by atoms with Crippen molar-refractivity contribution in [2.75, 3.05) is 0 Å². The lowest BCUT2D eigenvalue weighted by Gasteiger charge is -2.20. The molecule has 7 nitrogen and oxygen atoms in total. The molecule has 0 bridgehead atoms. The Labute approximate surface area is 185 Å². The molecule has 0 aliphatic heterocycles. The second kappa shape index (κ2) is 11.2. The number of urea groups is 1. The summed E-state index contributed by atoms with van der Waals surface area (Å²) in [6.07, 6.45) is 3.29. The maximum atomic E-state index is 12.6. The van der Waals surface area contributed by atoms with Crippen molar-refractivity contribution in [2.45, 2.75) is 12.5 Å². The molecule has 0 fully saturated rings. The second-order valence-electron chi connectivity index (χ2n) is 7.01. The van der Waals surface area contributed by atoms with Crippen molar-refractivity contribution in [2.24, 2.45) is 0 Å². The lowest BCUT2D eigenvalue weighted by molar-refractivity contribution is -0.124. The summed E-state index contributed by atoms with van der Waals surface area (Å²) in [5.74, 6) is -1.11. The number of hydrogen-bond acceptors (Lipinski definition) is 4. The molecule has 0 radical (unpaired) electrons. The van der Waals surface area contributed by atoms with Crippen LogP contribution in [0.25, 0.3) is 6.08 Å². The van der Waals surface area contributed by atoms with Gasteiger partial charge in [-0.2, -0.15) is 0 Å². The first-order chi connectivity index (χ1) is 15.5. The van der Waals surface area contributed by atoms with Crippen LogP contribution in [0.3, 0.4) is 0 Å². The zero-order chi connectivity index (χ0) is 22.8. The number of imide groups is 1. The lowest BCUT2D eigenvalue weighted by atomic mass is 9.98. The van der Waals surface area contributed by atoms with Gasteiger partial charge >= 0.3 is 6.03 Å². The molecule has 0 aliphatic rings. The largest absolute Gasteiger partial charge is 0.331 e. The Kier molecular flexibility index (Phi) is 7.89. The van der Waals surface area contributed by atoms with E-state index in [-0.39, 0.29) is 6.04 Å². The molecule has 32 heavy (non-hydrogen) atoms. The van der Waals surface area contributed by atoms with E-state index in [1.165, 1.54) is 11.6 Å². The van der Waals surface area contributed by atoms with Crippen LogP contribution in [0.1, 0.15) is 33.1 Å². The first kappa shape index (κ1) is 22.5. The normalized spacial score (nSPS) is 11.5. The highest BCUT2D eigenvalue weighted by Gasteiger charge is 2.17. The minimum Gasteiger partial charge on any atom is -0.331 e. The van der Waals surface area contributed by atoms with Gasteiger partial charge in [0.05, 0.1) is 6.04 Å². The van der Waals surface area contributed by atoms with Crippen LogP contribution in [0.4, 0.5) is 4.79 Å². The third kappa shape index (κ3) is 6.65. The molecule has 7 heteroatoms. The van der Waals surface area contributed by atoms with Crippen LogP contribution < -0.4 is 16.1 Å². The highest BCUT2D eigenvalue weighted by Crippen LogP contribution is 2.20. The molecule has 3 aromatic rings. The van der Waals surface area contributed by atoms with Gasteiger partial charge < -0.3 is 5.32 Å². The van der Waals surface area contributed by atoms with Gasteiger partial charge in [-0.1, -0.05) is 72.8 Å². The van der Waals surface area contributed by atoms with Gasteiger partial charge in [-0.25, -0.2) is 10.3 Å². The van der Waals surface area contributed by atoms with E-state index in [1.807, 2.05) is 42.5 Å². The predicted octanol–water partition coefficient (Wildman–Crippen LogP) is 3.63. The smallest absolute Gasteiger partial charge is 0.322 e. The highest BCUT2D eigenvalue weighted by atomic mass is 16.5. The summed E-state index contributed by atoms with van der Waals surface area (Å²) >= 11 is 0. The van der Waals surface area contributed by atoms with Crippen LogP contribution in [-0.2, 0) is 11.2 Å². The maximum absolute atomic E-state index is 12.6. The van der Waals surface area contributed by atoms with Gasteiger partial charge in [0, 0.05) is 11.6 Å². The van der Waals surface area contributed by atoms with Gasteiger partial charge in [-0.05, 0) is 41.3 Å². The van der Waals surface area contributed by atoms with E-state index < -0.39 is 17.8 Å². The summed E-state index contributed by atoms with van der Waals surface area (Å²) in [6.45, 7) is 0. The Morgan fingerprint density at radius 1 is 0.844 bits per heavy atom. The minimum absolute atomic E-state index is 0.389. The van der Waals surface area contributed by atoms with Crippen molar-refractivity contribution in [3.8, 4) is 0 Å². The Hall–Kier alpha value is -4.23. The molecular weight excluding hydrogens is 406 g/mol. The molecule has 0 heterocycles. The number of benzene rings is 3. The predicted molar refractivity (Wildman–Crippen MR) is 121 cm³/mol. The van der Waals surface area contributed by atoms with E-state index in [0.717, 1.165) is 16.7 Å². The van der Waals surface area contributed by atoms with Crippen LogP contribution in [0.2, 0.25) is 0 Å². The summed E-state index contributed by atoms with van der Waals surface area (Å²) < 4.78 is 0. The molecule has 1 atom stereocenters. The zero-order valence-electron chi connectivity index (χ0n) is 17.2. The molecule has 0 spiro atoms. The van der Waals surface area contributed by atoms with E-state index in [9.17, 15) is 14.4 Å². The summed E-state index contributed by atoms with van der Waals surface area (Å²) in [5.41, 5.74) is 4.53. The Morgan fingerprint density at radius 3 is 2.09 bits per heavy atom. The van der Waals surface area contributed by atoms with E-state index >= 15 is 0 Å². The molecule has 0 aliphatic carbocycles. The topological polar surface area (TPSA) is 108 Å². The summed E-state index contributed by atoms with van der Waals surface area (Å²) in [5, 5.41) is 13.8. The molecular formula is C25H23N3O4. The van der Waals surface area contributed by atoms with Crippen molar-refractivity contribution in [1.29, 1.82) is 0 Å². The molecule has 162 valence electrons. The molecule has 1 unspecified atom stereocenters. The monoisotopic (exact) mass is 429 g/mol. The quantitative estimate of drug-likeness (QED) is 0.261. The fourth-order valence-corrected chi connectivity index (χ4v) is 3.11. The number of carbonyl (C=O) groups is 3. The summed E-state index contributed by atoms with van der Waals surface area (Å²) in [4.78, 5) is 36.0. The number of hydroxylamine groups is 1. The molecule has 3 rings (SSSR count). The van der Waals surface area contributed by atoms with Gasteiger partial charge in [0.1, 0.15) is 0 Å². The van der Waals surface area contributed by atoms with Crippen molar-refractivity contribution < 1.29 is 19.6 Å². The van der Waals surface area contributed by atoms with E-state index in [2.05, 4.69) is 10.6 Å². The third-order valence-electron chi connectivity index (χ3n) is 4.73. The van der Waals surface area contributed by atoms with Crippen LogP contribution in [0, 0.1) is 0 Å². The van der Waals surface area contributed by atoms with Gasteiger partial charge in [0.25, 0.3) is 11.8 Å². The average Bonchev–Trinajstić information content (AvgIpc) is 2.83. The first-order valence-electron chi connectivity index (χ1n) is 9.98. The van der Waals surface area contributed by atoms with Crippen molar-refractivity contribution >= 4 is 23.9 Å². The SMILES string of the molecule is O=C(C=Cc1ccc(C(Cc2ccccc2)NC(=O)NC(=O)c2ccccc2)cc1)NO. The number of amides is 4. The fourth-order valence-electron chi connectivity index (χ4n) is 3.11. The molecule has 4 amide bonds. The number of hydrogen-bond donors (Lipinski definition) is 4. The Morgan fingerprint density at radius 2 is 1.47 bits per heavy atom. The Bertz CT molecular complexity index is 1080. The molecule has 0 saturated heterocycles. The number of rotatable bonds is 7. The third-order valence-corrected chi connectivity index (χ3v) is 4.73. The molecule has 4 N–H and O–H groups in total. The van der Waals surface area contributed by atoms with Crippen molar-refractivity contribution in [3.05, 3.63) is 113 Å². The minimum atomic E-state index is -0.627. The summed E-state index contributed by atoms with van der Waals surface area (Å²) in [6, 6.07) is 24.5. The molecule has 0 aromatic heterocycles. The number of nitrogens with one attached hydrogen (secondary N) is 3. The first-order valence-corrected chi connectivity index (χ1v) is 9.98. The average molecular weight is 429 g/mol. The van der Waals surface area contributed by atoms with Crippen LogP contribution in [0.15, 0.2) is 91.0 Å². The van der Waals surface area contributed by atoms with Crippen LogP contribution in [-0.4, -0.2) is 23.1 Å². The van der Waals surface area contributed by atoms with E-state index in [0.29, 0.717) is 12.0 Å². The van der Waals surface area contributed by atoms with Gasteiger partial charge in [-0.15, -0.1) is 0 Å². The van der Waals surface area contributed by atoms with Crippen LogP contribution in [0.5, 0.6) is 0 Å². The van der Waals surface area contributed by atoms with E-state index in [1.54, 1.807) is 48.5 Å².